The first-order valence-electron chi connectivity index (χ1n) is 5.72. The fraction of sp³-hybridized carbons (Fsp3) is 0.385. The van der Waals surface area contributed by atoms with E-state index in [1.54, 1.807) is 4.90 Å². The largest absolute Gasteiger partial charge is 0.491 e. The highest BCUT2D eigenvalue weighted by atomic mass is 16.5. The lowest BCUT2D eigenvalue weighted by Gasteiger charge is -2.21. The van der Waals surface area contributed by atoms with Crippen molar-refractivity contribution in [3.63, 3.8) is 0 Å². The van der Waals surface area contributed by atoms with Gasteiger partial charge in [0.05, 0.1) is 24.8 Å². The second kappa shape index (κ2) is 5.35. The van der Waals surface area contributed by atoms with Crippen molar-refractivity contribution in [2.24, 2.45) is 0 Å². The number of anilines is 1. The predicted octanol–water partition coefficient (Wildman–Crippen LogP) is 2.11. The van der Waals surface area contributed by atoms with Gasteiger partial charge < -0.3 is 9.64 Å². The SMILES string of the molecule is N#CCCCN1C(=O)CCOc2ccccc21. The lowest BCUT2D eigenvalue weighted by Crippen LogP contribution is -2.31. The number of fused-ring (bicyclic) bond motifs is 1. The first-order chi connectivity index (χ1) is 8.33. The number of hydrogen-bond donors (Lipinski definition) is 0. The first kappa shape index (κ1) is 11.5. The van der Waals surface area contributed by atoms with Crippen molar-refractivity contribution in [1.82, 2.24) is 0 Å². The summed E-state index contributed by atoms with van der Waals surface area (Å²) in [6, 6.07) is 9.62. The van der Waals surface area contributed by atoms with Gasteiger partial charge in [0.25, 0.3) is 0 Å². The number of rotatable bonds is 3. The molecule has 0 spiro atoms. The van der Waals surface area contributed by atoms with E-state index in [2.05, 4.69) is 6.07 Å². The Morgan fingerprint density at radius 1 is 1.41 bits per heavy atom. The minimum Gasteiger partial charge on any atom is -0.491 e. The minimum absolute atomic E-state index is 0.0629. The Bertz CT molecular complexity index is 451. The number of nitrogens with zero attached hydrogens (tertiary/aromatic N) is 2. The molecule has 0 aromatic heterocycles. The van der Waals surface area contributed by atoms with Gasteiger partial charge in [-0.05, 0) is 18.6 Å². The molecule has 1 aliphatic rings. The van der Waals surface area contributed by atoms with Crippen LogP contribution in [0.5, 0.6) is 5.75 Å². The van der Waals surface area contributed by atoms with Crippen LogP contribution in [0.3, 0.4) is 0 Å². The number of benzene rings is 1. The third-order valence-corrected chi connectivity index (χ3v) is 2.70. The zero-order valence-electron chi connectivity index (χ0n) is 9.56. The summed E-state index contributed by atoms with van der Waals surface area (Å²) < 4.78 is 5.53. The van der Waals surface area contributed by atoms with Gasteiger partial charge in [0, 0.05) is 13.0 Å². The van der Waals surface area contributed by atoms with Crippen LogP contribution in [0.4, 0.5) is 5.69 Å². The number of ether oxygens (including phenoxy) is 1. The highest BCUT2D eigenvalue weighted by Crippen LogP contribution is 2.30. The van der Waals surface area contributed by atoms with Crippen molar-refractivity contribution < 1.29 is 9.53 Å². The Labute approximate surface area is 100 Å². The van der Waals surface area contributed by atoms with Gasteiger partial charge in [0.1, 0.15) is 5.75 Å². The van der Waals surface area contributed by atoms with Crippen LogP contribution in [0.2, 0.25) is 0 Å². The number of amides is 1. The molecule has 1 heterocycles. The number of carbonyl (C=O) groups is 1. The fourth-order valence-electron chi connectivity index (χ4n) is 1.88. The molecule has 0 saturated carbocycles. The maximum atomic E-state index is 11.9. The summed E-state index contributed by atoms with van der Waals surface area (Å²) >= 11 is 0. The molecule has 2 rings (SSSR count). The predicted molar refractivity (Wildman–Crippen MR) is 63.8 cm³/mol. The summed E-state index contributed by atoms with van der Waals surface area (Å²) in [5.74, 6) is 0.809. The number of para-hydroxylation sites is 2. The van der Waals surface area contributed by atoms with Crippen molar-refractivity contribution in [1.29, 1.82) is 5.26 Å². The summed E-state index contributed by atoms with van der Waals surface area (Å²) in [6.07, 6.45) is 1.55. The maximum absolute atomic E-state index is 11.9. The lowest BCUT2D eigenvalue weighted by atomic mass is 10.2. The second-order valence-corrected chi connectivity index (χ2v) is 3.87. The average Bonchev–Trinajstić information content (AvgIpc) is 2.50. The Morgan fingerprint density at radius 3 is 3.06 bits per heavy atom. The van der Waals surface area contributed by atoms with Crippen LogP contribution in [-0.4, -0.2) is 19.1 Å². The topological polar surface area (TPSA) is 53.3 Å². The molecule has 17 heavy (non-hydrogen) atoms. The molecule has 4 heteroatoms. The van der Waals surface area contributed by atoms with Gasteiger partial charge in [-0.1, -0.05) is 12.1 Å². The number of unbranched alkanes of at least 4 members (excludes halogenated alkanes) is 1. The van der Waals surface area contributed by atoms with Crippen molar-refractivity contribution in [3.8, 4) is 11.8 Å². The van der Waals surface area contributed by atoms with E-state index in [0.29, 0.717) is 32.4 Å². The molecule has 0 unspecified atom stereocenters. The van der Waals surface area contributed by atoms with E-state index in [0.717, 1.165) is 11.4 Å². The van der Waals surface area contributed by atoms with Crippen LogP contribution in [0.15, 0.2) is 24.3 Å². The summed E-state index contributed by atoms with van der Waals surface area (Å²) in [5.41, 5.74) is 0.813. The van der Waals surface area contributed by atoms with Crippen LogP contribution in [0.1, 0.15) is 19.3 Å². The van der Waals surface area contributed by atoms with E-state index >= 15 is 0 Å². The molecule has 4 nitrogen and oxygen atoms in total. The second-order valence-electron chi connectivity index (χ2n) is 3.87. The number of hydrogen-bond acceptors (Lipinski definition) is 3. The molecule has 0 N–H and O–H groups in total. The van der Waals surface area contributed by atoms with Gasteiger partial charge in [-0.2, -0.15) is 5.26 Å². The molecule has 1 aromatic carbocycles. The summed E-state index contributed by atoms with van der Waals surface area (Å²) in [5, 5.41) is 8.53. The third kappa shape index (κ3) is 2.56. The third-order valence-electron chi connectivity index (χ3n) is 2.70. The highest BCUT2D eigenvalue weighted by Gasteiger charge is 2.22. The number of carbonyl (C=O) groups excluding carboxylic acids is 1. The van der Waals surface area contributed by atoms with Crippen LogP contribution in [-0.2, 0) is 4.79 Å². The molecule has 1 amide bonds. The summed E-state index contributed by atoms with van der Waals surface area (Å²) in [6.45, 7) is 0.997. The Hall–Kier alpha value is -2.02. The molecule has 0 saturated heterocycles. The molecule has 0 fully saturated rings. The summed E-state index contributed by atoms with van der Waals surface area (Å²) in [4.78, 5) is 13.7. The van der Waals surface area contributed by atoms with Gasteiger partial charge in [-0.15, -0.1) is 0 Å². The number of nitriles is 1. The molecule has 1 aliphatic heterocycles. The van der Waals surface area contributed by atoms with Gasteiger partial charge in [0.15, 0.2) is 0 Å². The van der Waals surface area contributed by atoms with Gasteiger partial charge in [-0.25, -0.2) is 0 Å². The van der Waals surface area contributed by atoms with E-state index in [4.69, 9.17) is 10.00 Å². The normalized spacial score (nSPS) is 14.5. The maximum Gasteiger partial charge on any atom is 0.230 e. The van der Waals surface area contributed by atoms with Crippen LogP contribution in [0.25, 0.3) is 0 Å². The molecule has 1 aromatic rings. The van der Waals surface area contributed by atoms with Crippen LogP contribution in [0, 0.1) is 11.3 Å². The van der Waals surface area contributed by atoms with Crippen molar-refractivity contribution in [3.05, 3.63) is 24.3 Å². The lowest BCUT2D eigenvalue weighted by molar-refractivity contribution is -0.118. The van der Waals surface area contributed by atoms with E-state index in [1.165, 1.54) is 0 Å². The first-order valence-corrected chi connectivity index (χ1v) is 5.72. The van der Waals surface area contributed by atoms with E-state index in [9.17, 15) is 4.79 Å². The standard InChI is InChI=1S/C13H14N2O2/c14-8-3-4-9-15-11-5-1-2-6-12(11)17-10-7-13(15)16/h1-2,5-6H,3-4,7,9-10H2. The van der Waals surface area contributed by atoms with Crippen molar-refractivity contribution >= 4 is 11.6 Å². The molecule has 0 atom stereocenters. The van der Waals surface area contributed by atoms with Crippen LogP contribution >= 0.6 is 0 Å². The Kier molecular flexibility index (Phi) is 3.61. The van der Waals surface area contributed by atoms with Gasteiger partial charge in [-0.3, -0.25) is 4.79 Å². The highest BCUT2D eigenvalue weighted by molar-refractivity contribution is 5.95. The molecule has 0 bridgehead atoms. The van der Waals surface area contributed by atoms with E-state index < -0.39 is 0 Å². The Balaban J connectivity index is 2.21. The zero-order valence-corrected chi connectivity index (χ0v) is 9.56. The average molecular weight is 230 g/mol. The monoisotopic (exact) mass is 230 g/mol. The van der Waals surface area contributed by atoms with Crippen molar-refractivity contribution in [2.75, 3.05) is 18.1 Å². The molecule has 0 aliphatic carbocycles. The molecular weight excluding hydrogens is 216 g/mol. The van der Waals surface area contributed by atoms with E-state index in [-0.39, 0.29) is 5.91 Å². The fourth-order valence-corrected chi connectivity index (χ4v) is 1.88. The minimum atomic E-state index is 0.0629. The zero-order chi connectivity index (χ0) is 12.1. The summed E-state index contributed by atoms with van der Waals surface area (Å²) in [7, 11) is 0. The smallest absolute Gasteiger partial charge is 0.230 e. The van der Waals surface area contributed by atoms with Gasteiger partial charge in [0.2, 0.25) is 5.91 Å². The molecule has 0 radical (unpaired) electrons. The van der Waals surface area contributed by atoms with Crippen LogP contribution < -0.4 is 9.64 Å². The molecule has 88 valence electrons. The Morgan fingerprint density at radius 2 is 2.24 bits per heavy atom. The van der Waals surface area contributed by atoms with Gasteiger partial charge >= 0.3 is 0 Å². The van der Waals surface area contributed by atoms with Crippen molar-refractivity contribution in [2.45, 2.75) is 19.3 Å². The molecular formula is C13H14N2O2. The quantitative estimate of drug-likeness (QED) is 0.747. The van der Waals surface area contributed by atoms with E-state index in [1.807, 2.05) is 24.3 Å².